The van der Waals surface area contributed by atoms with Gasteiger partial charge in [-0.05, 0) is 55.3 Å². The Hall–Kier alpha value is -1.83. The lowest BCUT2D eigenvalue weighted by atomic mass is 10.1. The summed E-state index contributed by atoms with van der Waals surface area (Å²) in [7, 11) is 0. The van der Waals surface area contributed by atoms with E-state index in [4.69, 9.17) is 4.42 Å². The second kappa shape index (κ2) is 7.66. The first-order valence-corrected chi connectivity index (χ1v) is 10.1. The van der Waals surface area contributed by atoms with E-state index in [9.17, 15) is 14.4 Å². The SMILES string of the molecule is CC(C)(C)N1CC(C(=O)N2CCCN(C(=O)c3ccc(Br)o3)CC2)CC1=O. The smallest absolute Gasteiger partial charge is 0.289 e. The van der Waals surface area contributed by atoms with Gasteiger partial charge in [-0.25, -0.2) is 0 Å². The van der Waals surface area contributed by atoms with Gasteiger partial charge in [0, 0.05) is 44.7 Å². The summed E-state index contributed by atoms with van der Waals surface area (Å²) in [5.74, 6) is -0.102. The first kappa shape index (κ1) is 19.9. The Balaban J connectivity index is 1.60. The number of hydrogen-bond acceptors (Lipinski definition) is 4. The van der Waals surface area contributed by atoms with Crippen LogP contribution in [-0.2, 0) is 9.59 Å². The largest absolute Gasteiger partial charge is 0.444 e. The number of likely N-dealkylation sites (tertiary alicyclic amines) is 1. The molecule has 0 aromatic carbocycles. The molecule has 2 aliphatic rings. The molecule has 3 rings (SSSR count). The van der Waals surface area contributed by atoms with Gasteiger partial charge in [-0.15, -0.1) is 0 Å². The lowest BCUT2D eigenvalue weighted by Crippen LogP contribution is -2.44. The van der Waals surface area contributed by atoms with Crippen molar-refractivity contribution in [2.45, 2.75) is 39.2 Å². The fraction of sp³-hybridized carbons (Fsp3) is 0.632. The Morgan fingerprint density at radius 1 is 1.11 bits per heavy atom. The quantitative estimate of drug-likeness (QED) is 0.708. The van der Waals surface area contributed by atoms with Crippen LogP contribution in [0.3, 0.4) is 0 Å². The summed E-state index contributed by atoms with van der Waals surface area (Å²) >= 11 is 3.21. The molecule has 0 bridgehead atoms. The van der Waals surface area contributed by atoms with Gasteiger partial charge in [-0.2, -0.15) is 0 Å². The van der Waals surface area contributed by atoms with Crippen molar-refractivity contribution in [1.29, 1.82) is 0 Å². The van der Waals surface area contributed by atoms with Crippen LogP contribution in [-0.4, -0.2) is 70.7 Å². The molecule has 1 aromatic heterocycles. The normalized spacial score (nSPS) is 21.6. The van der Waals surface area contributed by atoms with Crippen LogP contribution in [0.15, 0.2) is 21.2 Å². The summed E-state index contributed by atoms with van der Waals surface area (Å²) in [5, 5.41) is 0. The van der Waals surface area contributed by atoms with Gasteiger partial charge in [0.25, 0.3) is 5.91 Å². The third kappa shape index (κ3) is 4.36. The molecule has 3 heterocycles. The van der Waals surface area contributed by atoms with Crippen LogP contribution in [0.2, 0.25) is 0 Å². The molecule has 0 saturated carbocycles. The van der Waals surface area contributed by atoms with Crippen molar-refractivity contribution in [3.8, 4) is 0 Å². The summed E-state index contributed by atoms with van der Waals surface area (Å²) in [6, 6.07) is 3.34. The van der Waals surface area contributed by atoms with Crippen LogP contribution in [0, 0.1) is 5.92 Å². The highest BCUT2D eigenvalue weighted by atomic mass is 79.9. The molecular formula is C19H26BrN3O4. The van der Waals surface area contributed by atoms with Crippen molar-refractivity contribution >= 4 is 33.7 Å². The van der Waals surface area contributed by atoms with Crippen LogP contribution in [0.5, 0.6) is 0 Å². The van der Waals surface area contributed by atoms with E-state index in [-0.39, 0.29) is 35.6 Å². The average molecular weight is 440 g/mol. The van der Waals surface area contributed by atoms with E-state index in [1.54, 1.807) is 26.8 Å². The Kier molecular flexibility index (Phi) is 5.65. The van der Waals surface area contributed by atoms with Gasteiger partial charge in [-0.3, -0.25) is 14.4 Å². The van der Waals surface area contributed by atoms with Crippen LogP contribution >= 0.6 is 15.9 Å². The van der Waals surface area contributed by atoms with Crippen molar-refractivity contribution in [2.75, 3.05) is 32.7 Å². The number of carbonyl (C=O) groups excluding carboxylic acids is 3. The summed E-state index contributed by atoms with van der Waals surface area (Å²) < 4.78 is 5.87. The molecular weight excluding hydrogens is 414 g/mol. The van der Waals surface area contributed by atoms with Crippen LogP contribution in [0.4, 0.5) is 0 Å². The summed E-state index contributed by atoms with van der Waals surface area (Å²) in [6.45, 7) is 8.56. The zero-order valence-electron chi connectivity index (χ0n) is 16.0. The third-order valence-corrected chi connectivity index (χ3v) is 5.59. The molecule has 7 nitrogen and oxygen atoms in total. The van der Waals surface area contributed by atoms with E-state index in [1.807, 2.05) is 20.8 Å². The van der Waals surface area contributed by atoms with Gasteiger partial charge in [-0.1, -0.05) is 0 Å². The molecule has 1 aromatic rings. The fourth-order valence-corrected chi connectivity index (χ4v) is 4.01. The maximum Gasteiger partial charge on any atom is 0.289 e. The van der Waals surface area contributed by atoms with E-state index >= 15 is 0 Å². The number of hydrogen-bond donors (Lipinski definition) is 0. The van der Waals surface area contributed by atoms with Crippen molar-refractivity contribution in [2.24, 2.45) is 5.92 Å². The second-order valence-electron chi connectivity index (χ2n) is 8.15. The van der Waals surface area contributed by atoms with Gasteiger partial charge in [0.1, 0.15) is 0 Å². The van der Waals surface area contributed by atoms with Crippen LogP contribution in [0.1, 0.15) is 44.2 Å². The van der Waals surface area contributed by atoms with Gasteiger partial charge in [0.05, 0.1) is 5.92 Å². The molecule has 27 heavy (non-hydrogen) atoms. The molecule has 1 unspecified atom stereocenters. The third-order valence-electron chi connectivity index (χ3n) is 5.16. The number of rotatable bonds is 2. The lowest BCUT2D eigenvalue weighted by Gasteiger charge is -2.32. The maximum absolute atomic E-state index is 12.9. The standard InChI is InChI=1S/C19H26BrN3O4/c1-19(2,3)23-12-13(11-16(23)24)17(25)21-7-4-8-22(10-9-21)18(26)14-5-6-15(20)27-14/h5-6,13H,4,7-12H2,1-3H3. The highest BCUT2D eigenvalue weighted by molar-refractivity contribution is 9.10. The minimum atomic E-state index is -0.292. The van der Waals surface area contributed by atoms with Crippen molar-refractivity contribution in [1.82, 2.24) is 14.7 Å². The molecule has 0 radical (unpaired) electrons. The predicted octanol–water partition coefficient (Wildman–Crippen LogP) is 2.36. The maximum atomic E-state index is 12.9. The number of carbonyl (C=O) groups is 3. The summed E-state index contributed by atoms with van der Waals surface area (Å²) in [4.78, 5) is 43.1. The Bertz CT molecular complexity index is 740. The number of furan rings is 1. The molecule has 8 heteroatoms. The van der Waals surface area contributed by atoms with E-state index in [1.165, 1.54) is 0 Å². The highest BCUT2D eigenvalue weighted by Gasteiger charge is 2.41. The minimum absolute atomic E-state index is 0.0187. The van der Waals surface area contributed by atoms with Crippen LogP contribution < -0.4 is 0 Å². The molecule has 0 spiro atoms. The van der Waals surface area contributed by atoms with E-state index in [0.29, 0.717) is 49.6 Å². The van der Waals surface area contributed by atoms with Crippen molar-refractivity contribution in [3.63, 3.8) is 0 Å². The van der Waals surface area contributed by atoms with E-state index < -0.39 is 0 Å². The Morgan fingerprint density at radius 2 is 1.78 bits per heavy atom. The average Bonchev–Trinajstić information content (AvgIpc) is 3.11. The van der Waals surface area contributed by atoms with Gasteiger partial charge in [0.15, 0.2) is 10.4 Å². The molecule has 148 valence electrons. The molecule has 2 saturated heterocycles. The van der Waals surface area contributed by atoms with E-state index in [0.717, 1.165) is 0 Å². The number of halogens is 1. The minimum Gasteiger partial charge on any atom is -0.444 e. The van der Waals surface area contributed by atoms with Crippen molar-refractivity contribution in [3.05, 3.63) is 22.6 Å². The molecule has 3 amide bonds. The van der Waals surface area contributed by atoms with Crippen molar-refractivity contribution < 1.29 is 18.8 Å². The zero-order valence-corrected chi connectivity index (χ0v) is 17.6. The van der Waals surface area contributed by atoms with Crippen LogP contribution in [0.25, 0.3) is 0 Å². The molecule has 0 N–H and O–H groups in total. The molecule has 0 aliphatic carbocycles. The first-order valence-electron chi connectivity index (χ1n) is 9.30. The number of nitrogens with zero attached hydrogens (tertiary/aromatic N) is 3. The molecule has 1 atom stereocenters. The van der Waals surface area contributed by atoms with Gasteiger partial charge < -0.3 is 19.1 Å². The first-order chi connectivity index (χ1) is 12.7. The van der Waals surface area contributed by atoms with Gasteiger partial charge >= 0.3 is 0 Å². The molecule has 2 aliphatic heterocycles. The topological polar surface area (TPSA) is 74.1 Å². The monoisotopic (exact) mass is 439 g/mol. The fourth-order valence-electron chi connectivity index (χ4n) is 3.71. The second-order valence-corrected chi connectivity index (χ2v) is 8.93. The summed E-state index contributed by atoms with van der Waals surface area (Å²) in [5.41, 5.74) is -0.272. The van der Waals surface area contributed by atoms with Gasteiger partial charge in [0.2, 0.25) is 11.8 Å². The molecule has 2 fully saturated rings. The Morgan fingerprint density at radius 3 is 2.37 bits per heavy atom. The highest BCUT2D eigenvalue weighted by Crippen LogP contribution is 2.27. The zero-order chi connectivity index (χ0) is 19.8. The predicted molar refractivity (Wildman–Crippen MR) is 103 cm³/mol. The summed E-state index contributed by atoms with van der Waals surface area (Å²) in [6.07, 6.45) is 0.985. The Labute approximate surface area is 167 Å². The lowest BCUT2D eigenvalue weighted by molar-refractivity contribution is -0.135. The number of amides is 3. The van der Waals surface area contributed by atoms with E-state index in [2.05, 4.69) is 15.9 Å².